The molecule has 0 heterocycles. The minimum Gasteiger partial charge on any atom is -0.300 e. The van der Waals surface area contributed by atoms with E-state index in [1.54, 1.807) is 6.92 Å². The van der Waals surface area contributed by atoms with Crippen molar-refractivity contribution in [2.75, 3.05) is 0 Å². The van der Waals surface area contributed by atoms with Crippen LogP contribution in [-0.4, -0.2) is 5.78 Å². The summed E-state index contributed by atoms with van der Waals surface area (Å²) in [5.74, 6) is 3.76. The quantitative estimate of drug-likeness (QED) is 0.591. The summed E-state index contributed by atoms with van der Waals surface area (Å²) in [6, 6.07) is 0. The van der Waals surface area contributed by atoms with E-state index in [1.807, 2.05) is 0 Å². The molecule has 1 aliphatic rings. The number of carbonyl (C=O) groups excluding carboxylic acids is 1. The summed E-state index contributed by atoms with van der Waals surface area (Å²) in [5.41, 5.74) is 0. The smallest absolute Gasteiger partial charge is 0.129 e. The standard InChI is InChI=1S/C16H30O/c1-12(13(2)10-11-15(4)17)8-9-14(3)16-6-5-7-16/h12-14,16H,5-11H2,1-4H3. The highest BCUT2D eigenvalue weighted by Gasteiger charge is 2.24. The van der Waals surface area contributed by atoms with Crippen LogP contribution in [0.1, 0.15) is 72.6 Å². The van der Waals surface area contributed by atoms with Crippen molar-refractivity contribution in [2.45, 2.75) is 72.6 Å². The fraction of sp³-hybridized carbons (Fsp3) is 0.938. The summed E-state index contributed by atoms with van der Waals surface area (Å²) in [7, 11) is 0. The molecule has 1 nitrogen and oxygen atoms in total. The van der Waals surface area contributed by atoms with Gasteiger partial charge in [-0.05, 0) is 37.0 Å². The van der Waals surface area contributed by atoms with Crippen molar-refractivity contribution >= 4 is 5.78 Å². The molecule has 0 aromatic heterocycles. The molecule has 0 aromatic carbocycles. The first-order chi connectivity index (χ1) is 8.00. The summed E-state index contributed by atoms with van der Waals surface area (Å²) >= 11 is 0. The zero-order valence-corrected chi connectivity index (χ0v) is 12.2. The van der Waals surface area contributed by atoms with E-state index >= 15 is 0 Å². The molecular weight excluding hydrogens is 208 g/mol. The van der Waals surface area contributed by atoms with Crippen LogP contribution in [0.25, 0.3) is 0 Å². The lowest BCUT2D eigenvalue weighted by Gasteiger charge is -2.32. The third kappa shape index (κ3) is 5.23. The first-order valence-corrected chi connectivity index (χ1v) is 7.50. The topological polar surface area (TPSA) is 17.1 Å². The molecule has 0 N–H and O–H groups in total. The van der Waals surface area contributed by atoms with Gasteiger partial charge in [-0.2, -0.15) is 0 Å². The Balaban J connectivity index is 2.13. The lowest BCUT2D eigenvalue weighted by molar-refractivity contribution is -0.117. The second-order valence-electron chi connectivity index (χ2n) is 6.44. The number of Topliss-reactive ketones (excluding diaryl/α,β-unsaturated/α-hetero) is 1. The van der Waals surface area contributed by atoms with Gasteiger partial charge in [-0.3, -0.25) is 0 Å². The Kier molecular flexibility index (Phi) is 6.22. The van der Waals surface area contributed by atoms with Crippen LogP contribution in [0.4, 0.5) is 0 Å². The van der Waals surface area contributed by atoms with Gasteiger partial charge in [0.25, 0.3) is 0 Å². The average Bonchev–Trinajstić information content (AvgIpc) is 2.19. The fourth-order valence-electron chi connectivity index (χ4n) is 2.77. The molecule has 0 aliphatic heterocycles. The highest BCUT2D eigenvalue weighted by atomic mass is 16.1. The van der Waals surface area contributed by atoms with E-state index in [4.69, 9.17) is 0 Å². The van der Waals surface area contributed by atoms with Gasteiger partial charge in [-0.25, -0.2) is 0 Å². The summed E-state index contributed by atoms with van der Waals surface area (Å²) in [6.45, 7) is 8.80. The molecule has 0 bridgehead atoms. The molecule has 1 aliphatic carbocycles. The van der Waals surface area contributed by atoms with Crippen molar-refractivity contribution in [3.8, 4) is 0 Å². The summed E-state index contributed by atoms with van der Waals surface area (Å²) in [5, 5.41) is 0. The third-order valence-corrected chi connectivity index (χ3v) is 4.96. The van der Waals surface area contributed by atoms with Crippen LogP contribution in [0.3, 0.4) is 0 Å². The molecule has 100 valence electrons. The lowest BCUT2D eigenvalue weighted by atomic mass is 9.73. The van der Waals surface area contributed by atoms with Gasteiger partial charge in [-0.15, -0.1) is 0 Å². The van der Waals surface area contributed by atoms with E-state index in [9.17, 15) is 4.79 Å². The number of hydrogen-bond donors (Lipinski definition) is 0. The predicted octanol–water partition coefficient (Wildman–Crippen LogP) is 4.84. The molecule has 17 heavy (non-hydrogen) atoms. The first-order valence-electron chi connectivity index (χ1n) is 7.50. The molecular formula is C16H30O. The molecule has 0 saturated heterocycles. The Hall–Kier alpha value is -0.330. The van der Waals surface area contributed by atoms with E-state index in [2.05, 4.69) is 20.8 Å². The highest BCUT2D eigenvalue weighted by molar-refractivity contribution is 5.75. The normalized spacial score (nSPS) is 21.6. The van der Waals surface area contributed by atoms with Crippen LogP contribution in [0, 0.1) is 23.7 Å². The third-order valence-electron chi connectivity index (χ3n) is 4.96. The molecule has 0 aromatic rings. The SMILES string of the molecule is CC(=O)CCC(C)C(C)CCC(C)C1CCC1. The number of hydrogen-bond acceptors (Lipinski definition) is 1. The fourth-order valence-corrected chi connectivity index (χ4v) is 2.77. The van der Waals surface area contributed by atoms with Crippen LogP contribution < -0.4 is 0 Å². The van der Waals surface area contributed by atoms with Crippen molar-refractivity contribution in [3.63, 3.8) is 0 Å². The molecule has 0 amide bonds. The molecule has 1 rings (SSSR count). The molecule has 0 radical (unpaired) electrons. The number of carbonyl (C=O) groups is 1. The van der Waals surface area contributed by atoms with E-state index in [0.717, 1.165) is 30.6 Å². The van der Waals surface area contributed by atoms with Crippen LogP contribution in [0.2, 0.25) is 0 Å². The van der Waals surface area contributed by atoms with Gasteiger partial charge in [0.1, 0.15) is 5.78 Å². The summed E-state index contributed by atoms with van der Waals surface area (Å²) < 4.78 is 0. The molecule has 1 saturated carbocycles. The Labute approximate surface area is 107 Å². The second-order valence-corrected chi connectivity index (χ2v) is 6.44. The average molecular weight is 238 g/mol. The van der Waals surface area contributed by atoms with Crippen molar-refractivity contribution in [2.24, 2.45) is 23.7 Å². The first kappa shape index (κ1) is 14.7. The van der Waals surface area contributed by atoms with Gasteiger partial charge in [-0.1, -0.05) is 52.9 Å². The van der Waals surface area contributed by atoms with Crippen molar-refractivity contribution < 1.29 is 4.79 Å². The van der Waals surface area contributed by atoms with E-state index in [-0.39, 0.29) is 0 Å². The Morgan fingerprint density at radius 3 is 2.12 bits per heavy atom. The predicted molar refractivity (Wildman–Crippen MR) is 74.0 cm³/mol. The minimum absolute atomic E-state index is 0.340. The molecule has 3 unspecified atom stereocenters. The zero-order chi connectivity index (χ0) is 12.8. The van der Waals surface area contributed by atoms with Gasteiger partial charge < -0.3 is 4.79 Å². The highest BCUT2D eigenvalue weighted by Crippen LogP contribution is 2.36. The van der Waals surface area contributed by atoms with Crippen LogP contribution >= 0.6 is 0 Å². The van der Waals surface area contributed by atoms with E-state index < -0.39 is 0 Å². The van der Waals surface area contributed by atoms with Crippen LogP contribution in [0.15, 0.2) is 0 Å². The van der Waals surface area contributed by atoms with Gasteiger partial charge in [0.15, 0.2) is 0 Å². The van der Waals surface area contributed by atoms with Crippen molar-refractivity contribution in [3.05, 3.63) is 0 Å². The molecule has 3 atom stereocenters. The van der Waals surface area contributed by atoms with Crippen molar-refractivity contribution in [1.82, 2.24) is 0 Å². The Morgan fingerprint density at radius 2 is 1.65 bits per heavy atom. The summed E-state index contributed by atoms with van der Waals surface area (Å²) in [4.78, 5) is 11.0. The Morgan fingerprint density at radius 1 is 1.06 bits per heavy atom. The van der Waals surface area contributed by atoms with Gasteiger partial charge in [0.2, 0.25) is 0 Å². The van der Waals surface area contributed by atoms with Crippen molar-refractivity contribution in [1.29, 1.82) is 0 Å². The lowest BCUT2D eigenvalue weighted by Crippen LogP contribution is -2.20. The van der Waals surface area contributed by atoms with E-state index in [0.29, 0.717) is 11.7 Å². The van der Waals surface area contributed by atoms with Gasteiger partial charge in [0.05, 0.1) is 0 Å². The molecule has 0 spiro atoms. The Bertz CT molecular complexity index is 230. The zero-order valence-electron chi connectivity index (χ0n) is 12.2. The van der Waals surface area contributed by atoms with Gasteiger partial charge in [0, 0.05) is 6.42 Å². The largest absolute Gasteiger partial charge is 0.300 e. The van der Waals surface area contributed by atoms with Crippen LogP contribution in [0.5, 0.6) is 0 Å². The second kappa shape index (κ2) is 7.18. The van der Waals surface area contributed by atoms with E-state index in [1.165, 1.54) is 32.1 Å². The molecule has 1 heteroatoms. The minimum atomic E-state index is 0.340. The maximum Gasteiger partial charge on any atom is 0.129 e. The number of ketones is 1. The van der Waals surface area contributed by atoms with Gasteiger partial charge >= 0.3 is 0 Å². The maximum atomic E-state index is 11.0. The van der Waals surface area contributed by atoms with Crippen LogP contribution in [-0.2, 0) is 4.79 Å². The summed E-state index contributed by atoms with van der Waals surface area (Å²) in [6.07, 6.45) is 8.97. The maximum absolute atomic E-state index is 11.0. The molecule has 1 fully saturated rings. The monoisotopic (exact) mass is 238 g/mol. The number of rotatable bonds is 8.